The second-order valence-electron chi connectivity index (χ2n) is 3.73. The van der Waals surface area contributed by atoms with Crippen molar-refractivity contribution in [2.24, 2.45) is 0 Å². The molecule has 1 aromatic heterocycles. The van der Waals surface area contributed by atoms with Crippen LogP contribution >= 0.6 is 11.6 Å². The molecule has 0 unspecified atom stereocenters. The molecule has 18 heavy (non-hydrogen) atoms. The molecule has 0 amide bonds. The number of likely N-dealkylation sites (N-methyl/N-ethyl adjacent to an activating group) is 1. The summed E-state index contributed by atoms with van der Waals surface area (Å²) in [7, 11) is -3.57. The highest BCUT2D eigenvalue weighted by Gasteiger charge is 2.17. The SMILES string of the molecule is CCN(CC)CCNS(=O)(=O)c1cnccc1Cl. The molecule has 5 nitrogen and oxygen atoms in total. The van der Waals surface area contributed by atoms with Gasteiger partial charge >= 0.3 is 0 Å². The molecule has 0 saturated carbocycles. The second kappa shape index (κ2) is 7.04. The van der Waals surface area contributed by atoms with Crippen molar-refractivity contribution < 1.29 is 8.42 Å². The van der Waals surface area contributed by atoms with E-state index in [4.69, 9.17) is 11.6 Å². The fourth-order valence-corrected chi connectivity index (χ4v) is 2.97. The molecular weight excluding hydrogens is 274 g/mol. The predicted molar refractivity (Wildman–Crippen MR) is 72.2 cm³/mol. The fourth-order valence-electron chi connectivity index (χ4n) is 1.52. The Labute approximate surface area is 113 Å². The van der Waals surface area contributed by atoms with Crippen molar-refractivity contribution in [1.29, 1.82) is 0 Å². The smallest absolute Gasteiger partial charge is 0.243 e. The summed E-state index contributed by atoms with van der Waals surface area (Å²) >= 11 is 5.84. The number of halogens is 1. The van der Waals surface area contributed by atoms with Crippen molar-refractivity contribution in [2.75, 3.05) is 26.2 Å². The van der Waals surface area contributed by atoms with Crippen molar-refractivity contribution in [3.05, 3.63) is 23.5 Å². The minimum atomic E-state index is -3.57. The molecule has 0 saturated heterocycles. The zero-order chi connectivity index (χ0) is 13.6. The minimum Gasteiger partial charge on any atom is -0.303 e. The van der Waals surface area contributed by atoms with E-state index in [0.29, 0.717) is 13.1 Å². The summed E-state index contributed by atoms with van der Waals surface area (Å²) in [6.07, 6.45) is 2.71. The van der Waals surface area contributed by atoms with Crippen LogP contribution in [0.4, 0.5) is 0 Å². The summed E-state index contributed by atoms with van der Waals surface area (Å²) in [5, 5.41) is 0.181. The first kappa shape index (κ1) is 15.4. The quantitative estimate of drug-likeness (QED) is 0.824. The van der Waals surface area contributed by atoms with Gasteiger partial charge in [-0.2, -0.15) is 0 Å². The molecule has 0 aliphatic carbocycles. The Morgan fingerprint density at radius 2 is 2.06 bits per heavy atom. The van der Waals surface area contributed by atoms with Crippen LogP contribution in [0.2, 0.25) is 5.02 Å². The molecule has 0 atom stereocenters. The van der Waals surface area contributed by atoms with Gasteiger partial charge in [-0.05, 0) is 19.2 Å². The molecule has 1 aromatic rings. The lowest BCUT2D eigenvalue weighted by molar-refractivity contribution is 0.309. The van der Waals surface area contributed by atoms with Gasteiger partial charge in [0.25, 0.3) is 0 Å². The normalized spacial score (nSPS) is 12.0. The lowest BCUT2D eigenvalue weighted by Crippen LogP contribution is -2.34. The van der Waals surface area contributed by atoms with E-state index in [2.05, 4.69) is 14.6 Å². The molecule has 0 radical (unpaired) electrons. The highest BCUT2D eigenvalue weighted by molar-refractivity contribution is 7.89. The van der Waals surface area contributed by atoms with Crippen LogP contribution in [0.5, 0.6) is 0 Å². The van der Waals surface area contributed by atoms with E-state index in [9.17, 15) is 8.42 Å². The van der Waals surface area contributed by atoms with Crippen LogP contribution in [0, 0.1) is 0 Å². The molecule has 102 valence electrons. The maximum absolute atomic E-state index is 12.0. The van der Waals surface area contributed by atoms with Crippen LogP contribution in [0.25, 0.3) is 0 Å². The van der Waals surface area contributed by atoms with Crippen molar-refractivity contribution in [2.45, 2.75) is 18.7 Å². The summed E-state index contributed by atoms with van der Waals surface area (Å²) in [6, 6.07) is 1.46. The Hall–Kier alpha value is -0.690. The minimum absolute atomic E-state index is 0.0196. The summed E-state index contributed by atoms with van der Waals surface area (Å²) in [6.45, 7) is 6.89. The number of nitrogens with one attached hydrogen (secondary N) is 1. The van der Waals surface area contributed by atoms with E-state index in [0.717, 1.165) is 13.1 Å². The van der Waals surface area contributed by atoms with Crippen LogP contribution in [-0.2, 0) is 10.0 Å². The lowest BCUT2D eigenvalue weighted by atomic mass is 10.5. The van der Waals surface area contributed by atoms with Gasteiger partial charge in [0.05, 0.1) is 5.02 Å². The highest BCUT2D eigenvalue weighted by Crippen LogP contribution is 2.18. The number of hydrogen-bond donors (Lipinski definition) is 1. The second-order valence-corrected chi connectivity index (χ2v) is 5.87. The number of pyridine rings is 1. The molecule has 1 rings (SSSR count). The molecule has 0 aromatic carbocycles. The van der Waals surface area contributed by atoms with Crippen molar-refractivity contribution in [3.63, 3.8) is 0 Å². The number of sulfonamides is 1. The third-order valence-electron chi connectivity index (χ3n) is 2.64. The first-order chi connectivity index (χ1) is 8.51. The molecule has 1 heterocycles. The maximum Gasteiger partial charge on any atom is 0.243 e. The summed E-state index contributed by atoms with van der Waals surface area (Å²) in [5.74, 6) is 0. The van der Waals surface area contributed by atoms with Crippen molar-refractivity contribution >= 4 is 21.6 Å². The summed E-state index contributed by atoms with van der Waals surface area (Å²) < 4.78 is 26.4. The number of aromatic nitrogens is 1. The molecule has 7 heteroatoms. The Morgan fingerprint density at radius 3 is 2.61 bits per heavy atom. The van der Waals surface area contributed by atoms with E-state index in [1.54, 1.807) is 0 Å². The van der Waals surface area contributed by atoms with Crippen molar-refractivity contribution in [3.8, 4) is 0 Å². The Kier molecular flexibility index (Phi) is 6.01. The van der Waals surface area contributed by atoms with Gasteiger partial charge in [-0.15, -0.1) is 0 Å². The van der Waals surface area contributed by atoms with Crippen LogP contribution in [0.1, 0.15) is 13.8 Å². The first-order valence-electron chi connectivity index (χ1n) is 5.82. The number of hydrogen-bond acceptors (Lipinski definition) is 4. The number of nitrogens with zero attached hydrogens (tertiary/aromatic N) is 2. The molecule has 0 aliphatic rings. The van der Waals surface area contributed by atoms with E-state index in [1.165, 1.54) is 18.5 Å². The predicted octanol–water partition coefficient (Wildman–Crippen LogP) is 1.36. The van der Waals surface area contributed by atoms with Gasteiger partial charge < -0.3 is 4.90 Å². The van der Waals surface area contributed by atoms with Gasteiger partial charge in [0.1, 0.15) is 4.90 Å². The van der Waals surface area contributed by atoms with Gasteiger partial charge in [-0.25, -0.2) is 13.1 Å². The zero-order valence-corrected chi connectivity index (χ0v) is 12.1. The summed E-state index contributed by atoms with van der Waals surface area (Å²) in [5.41, 5.74) is 0. The molecule has 0 bridgehead atoms. The fraction of sp³-hybridized carbons (Fsp3) is 0.545. The Bertz CT molecular complexity index is 475. The van der Waals surface area contributed by atoms with E-state index < -0.39 is 10.0 Å². The Morgan fingerprint density at radius 1 is 1.39 bits per heavy atom. The van der Waals surface area contributed by atoms with Crippen LogP contribution < -0.4 is 4.72 Å². The lowest BCUT2D eigenvalue weighted by Gasteiger charge is -2.18. The first-order valence-corrected chi connectivity index (χ1v) is 7.69. The largest absolute Gasteiger partial charge is 0.303 e. The van der Waals surface area contributed by atoms with Gasteiger partial charge in [-0.3, -0.25) is 4.98 Å². The molecule has 1 N–H and O–H groups in total. The molecule has 0 aliphatic heterocycles. The van der Waals surface area contributed by atoms with E-state index in [-0.39, 0.29) is 9.92 Å². The van der Waals surface area contributed by atoms with Crippen LogP contribution in [0.3, 0.4) is 0 Å². The average molecular weight is 292 g/mol. The van der Waals surface area contributed by atoms with Crippen LogP contribution in [-0.4, -0.2) is 44.5 Å². The average Bonchev–Trinajstić information content (AvgIpc) is 2.35. The third kappa shape index (κ3) is 4.20. The maximum atomic E-state index is 12.0. The standard InChI is InChI=1S/C11H18ClN3O2S/c1-3-15(4-2)8-7-14-18(16,17)11-9-13-6-5-10(11)12/h5-6,9,14H,3-4,7-8H2,1-2H3. The van der Waals surface area contributed by atoms with Gasteiger partial charge in [0.15, 0.2) is 0 Å². The van der Waals surface area contributed by atoms with Crippen molar-refractivity contribution in [1.82, 2.24) is 14.6 Å². The Balaban J connectivity index is 2.64. The monoisotopic (exact) mass is 291 g/mol. The highest BCUT2D eigenvalue weighted by atomic mass is 35.5. The van der Waals surface area contributed by atoms with E-state index >= 15 is 0 Å². The third-order valence-corrected chi connectivity index (χ3v) is 4.57. The van der Waals surface area contributed by atoms with Crippen LogP contribution in [0.15, 0.2) is 23.4 Å². The molecule has 0 spiro atoms. The zero-order valence-electron chi connectivity index (χ0n) is 10.6. The molecular formula is C11H18ClN3O2S. The topological polar surface area (TPSA) is 62.3 Å². The van der Waals surface area contributed by atoms with Gasteiger partial charge in [0.2, 0.25) is 10.0 Å². The van der Waals surface area contributed by atoms with Gasteiger partial charge in [-0.1, -0.05) is 25.4 Å². The number of rotatable bonds is 7. The summed E-state index contributed by atoms with van der Waals surface area (Å²) in [4.78, 5) is 5.93. The molecule has 0 fully saturated rings. The van der Waals surface area contributed by atoms with Gasteiger partial charge in [0, 0.05) is 25.5 Å². The van der Waals surface area contributed by atoms with E-state index in [1.807, 2.05) is 13.8 Å².